The molecule has 6 nitrogen and oxygen atoms in total. The van der Waals surface area contributed by atoms with Gasteiger partial charge in [0.25, 0.3) is 0 Å². The number of carbonyl (C=O) groups is 1. The zero-order valence-corrected chi connectivity index (χ0v) is 14.3. The lowest BCUT2D eigenvalue weighted by Crippen LogP contribution is -2.47. The number of nitrogens with zero attached hydrogens (tertiary/aromatic N) is 4. The van der Waals surface area contributed by atoms with Crippen molar-refractivity contribution in [2.24, 2.45) is 0 Å². The summed E-state index contributed by atoms with van der Waals surface area (Å²) in [6.45, 7) is 2.67. The molecule has 0 spiro atoms. The normalized spacial score (nSPS) is 18.2. The number of carbonyl (C=O) groups excluding carboxylic acids is 1. The van der Waals surface area contributed by atoms with Gasteiger partial charge in [-0.1, -0.05) is 18.6 Å². The van der Waals surface area contributed by atoms with Crippen LogP contribution in [-0.2, 0) is 17.8 Å². The summed E-state index contributed by atoms with van der Waals surface area (Å²) in [5.74, 6) is -0.205. The number of rotatable bonds is 7. The minimum atomic E-state index is -0.240. The molecule has 1 N–H and O–H groups in total. The summed E-state index contributed by atoms with van der Waals surface area (Å²) in [7, 11) is 0. The van der Waals surface area contributed by atoms with Crippen LogP contribution in [0.25, 0.3) is 0 Å². The number of aromatic nitrogens is 3. The third-order valence-corrected chi connectivity index (χ3v) is 4.61. The molecule has 2 heterocycles. The molecule has 0 saturated carbocycles. The molecule has 1 atom stereocenters. The lowest BCUT2D eigenvalue weighted by Gasteiger charge is -2.35. The lowest BCUT2D eigenvalue weighted by atomic mass is 10.0. The van der Waals surface area contributed by atoms with Crippen molar-refractivity contribution in [3.05, 3.63) is 48.3 Å². The van der Waals surface area contributed by atoms with Crippen LogP contribution in [0.15, 0.2) is 36.9 Å². The third kappa shape index (κ3) is 5.35. The van der Waals surface area contributed by atoms with Crippen LogP contribution in [0.1, 0.15) is 24.8 Å². The van der Waals surface area contributed by atoms with Crippen molar-refractivity contribution in [3.63, 3.8) is 0 Å². The number of likely N-dealkylation sites (tertiary alicyclic amines) is 1. The molecule has 1 aliphatic rings. The number of amides is 1. The fourth-order valence-corrected chi connectivity index (χ4v) is 3.26. The van der Waals surface area contributed by atoms with Crippen LogP contribution in [0.3, 0.4) is 0 Å². The Balaban J connectivity index is 1.44. The fraction of sp³-hybridized carbons (Fsp3) is 0.500. The number of halogens is 1. The van der Waals surface area contributed by atoms with Crippen molar-refractivity contribution in [2.75, 3.05) is 19.6 Å². The van der Waals surface area contributed by atoms with Gasteiger partial charge < -0.3 is 5.32 Å². The molecule has 1 aliphatic heterocycles. The highest BCUT2D eigenvalue weighted by Crippen LogP contribution is 2.17. The Kier molecular flexibility index (Phi) is 6.11. The second-order valence-electron chi connectivity index (χ2n) is 6.46. The molecule has 7 heteroatoms. The molecule has 0 aliphatic carbocycles. The van der Waals surface area contributed by atoms with Gasteiger partial charge in [-0.05, 0) is 43.5 Å². The average Bonchev–Trinajstić information content (AvgIpc) is 3.11. The molecule has 2 aromatic rings. The number of nitrogens with one attached hydrogen (secondary N) is 1. The minimum absolute atomic E-state index is 0.0348. The summed E-state index contributed by atoms with van der Waals surface area (Å²) < 4.78 is 14.7. The van der Waals surface area contributed by atoms with Crippen molar-refractivity contribution in [2.45, 2.75) is 38.3 Å². The Labute approximate surface area is 147 Å². The highest BCUT2D eigenvalue weighted by atomic mass is 19.1. The van der Waals surface area contributed by atoms with Gasteiger partial charge in [0.15, 0.2) is 0 Å². The Hall–Kier alpha value is -2.28. The van der Waals surface area contributed by atoms with Crippen molar-refractivity contribution in [1.82, 2.24) is 25.0 Å². The van der Waals surface area contributed by atoms with E-state index in [2.05, 4.69) is 20.3 Å². The maximum Gasteiger partial charge on any atom is 0.234 e. The summed E-state index contributed by atoms with van der Waals surface area (Å²) in [6.07, 6.45) is 7.33. The van der Waals surface area contributed by atoms with E-state index in [4.69, 9.17) is 0 Å². The van der Waals surface area contributed by atoms with Gasteiger partial charge in [-0.15, -0.1) is 0 Å². The number of hydrogen-bond donors (Lipinski definition) is 1. The molecule has 0 radical (unpaired) electrons. The first-order chi connectivity index (χ1) is 12.2. The first-order valence-electron chi connectivity index (χ1n) is 8.78. The molecule has 3 rings (SSSR count). The van der Waals surface area contributed by atoms with Crippen molar-refractivity contribution in [3.8, 4) is 0 Å². The smallest absolute Gasteiger partial charge is 0.234 e. The molecule has 1 saturated heterocycles. The zero-order chi connectivity index (χ0) is 17.5. The topological polar surface area (TPSA) is 63.1 Å². The van der Waals surface area contributed by atoms with E-state index in [1.807, 2.05) is 4.68 Å². The molecule has 0 bridgehead atoms. The largest absolute Gasteiger partial charge is 0.355 e. The van der Waals surface area contributed by atoms with Gasteiger partial charge in [0, 0.05) is 12.6 Å². The summed E-state index contributed by atoms with van der Waals surface area (Å²) in [5.41, 5.74) is 1.02. The van der Waals surface area contributed by atoms with Gasteiger partial charge >= 0.3 is 0 Å². The van der Waals surface area contributed by atoms with Crippen LogP contribution in [0.2, 0.25) is 0 Å². The standard InChI is InChI=1S/C18H24FN5O/c19-16-6-4-15(5-7-16)8-9-21-18(25)12-23-10-2-1-3-17(23)11-24-14-20-13-22-24/h4-7,13-14,17H,1-3,8-12H2,(H,21,25)/t17-/m0/s1. The first-order valence-corrected chi connectivity index (χ1v) is 8.78. The maximum atomic E-state index is 12.9. The van der Waals surface area contributed by atoms with E-state index in [1.54, 1.807) is 18.5 Å². The molecular formula is C18H24FN5O. The molecule has 1 aromatic carbocycles. The van der Waals surface area contributed by atoms with Crippen LogP contribution >= 0.6 is 0 Å². The summed E-state index contributed by atoms with van der Waals surface area (Å²) in [4.78, 5) is 18.5. The number of hydrogen-bond acceptors (Lipinski definition) is 4. The Morgan fingerprint density at radius 2 is 2.12 bits per heavy atom. The predicted octanol–water partition coefficient (Wildman–Crippen LogP) is 1.63. The fourth-order valence-electron chi connectivity index (χ4n) is 3.26. The van der Waals surface area contributed by atoms with Crippen LogP contribution < -0.4 is 5.32 Å². The van der Waals surface area contributed by atoms with E-state index in [0.717, 1.165) is 31.5 Å². The van der Waals surface area contributed by atoms with Crippen LogP contribution in [0, 0.1) is 5.82 Å². The van der Waals surface area contributed by atoms with Crippen LogP contribution in [-0.4, -0.2) is 51.2 Å². The van der Waals surface area contributed by atoms with E-state index < -0.39 is 0 Å². The molecule has 1 amide bonds. The molecule has 0 unspecified atom stereocenters. The molecule has 25 heavy (non-hydrogen) atoms. The molecular weight excluding hydrogens is 321 g/mol. The lowest BCUT2D eigenvalue weighted by molar-refractivity contribution is -0.123. The number of piperidine rings is 1. The van der Waals surface area contributed by atoms with E-state index in [9.17, 15) is 9.18 Å². The maximum absolute atomic E-state index is 12.9. The van der Waals surface area contributed by atoms with Crippen molar-refractivity contribution < 1.29 is 9.18 Å². The second-order valence-corrected chi connectivity index (χ2v) is 6.46. The van der Waals surface area contributed by atoms with Gasteiger partial charge in [-0.3, -0.25) is 14.4 Å². The Morgan fingerprint density at radius 1 is 1.28 bits per heavy atom. The van der Waals surface area contributed by atoms with Gasteiger partial charge in [0.1, 0.15) is 18.5 Å². The number of benzene rings is 1. The first kappa shape index (κ1) is 17.5. The minimum Gasteiger partial charge on any atom is -0.355 e. The van der Waals surface area contributed by atoms with Crippen molar-refractivity contribution in [1.29, 1.82) is 0 Å². The van der Waals surface area contributed by atoms with E-state index in [1.165, 1.54) is 24.9 Å². The summed E-state index contributed by atoms with van der Waals surface area (Å²) in [5, 5.41) is 7.13. The van der Waals surface area contributed by atoms with E-state index in [-0.39, 0.29) is 11.7 Å². The van der Waals surface area contributed by atoms with E-state index >= 15 is 0 Å². The molecule has 1 aromatic heterocycles. The Bertz CT molecular complexity index is 659. The third-order valence-electron chi connectivity index (χ3n) is 4.61. The van der Waals surface area contributed by atoms with Crippen LogP contribution in [0.5, 0.6) is 0 Å². The van der Waals surface area contributed by atoms with Crippen molar-refractivity contribution >= 4 is 5.91 Å². The molecule has 134 valence electrons. The summed E-state index contributed by atoms with van der Waals surface area (Å²) >= 11 is 0. The van der Waals surface area contributed by atoms with Crippen LogP contribution in [0.4, 0.5) is 4.39 Å². The average molecular weight is 345 g/mol. The van der Waals surface area contributed by atoms with Gasteiger partial charge in [-0.25, -0.2) is 9.37 Å². The van der Waals surface area contributed by atoms with E-state index in [0.29, 0.717) is 25.6 Å². The molecule has 1 fully saturated rings. The van der Waals surface area contributed by atoms with Gasteiger partial charge in [-0.2, -0.15) is 5.10 Å². The summed E-state index contributed by atoms with van der Waals surface area (Å²) in [6, 6.07) is 6.71. The van der Waals surface area contributed by atoms with Gasteiger partial charge in [0.05, 0.1) is 13.1 Å². The van der Waals surface area contributed by atoms with Gasteiger partial charge in [0.2, 0.25) is 5.91 Å². The quantitative estimate of drug-likeness (QED) is 0.828. The zero-order valence-electron chi connectivity index (χ0n) is 14.3. The highest BCUT2D eigenvalue weighted by molar-refractivity contribution is 5.78. The Morgan fingerprint density at radius 3 is 2.88 bits per heavy atom. The monoisotopic (exact) mass is 345 g/mol. The second kappa shape index (κ2) is 8.71. The SMILES string of the molecule is O=C(CN1CCCC[C@H]1Cn1cncn1)NCCc1ccc(F)cc1. The highest BCUT2D eigenvalue weighted by Gasteiger charge is 2.24. The predicted molar refractivity (Wildman–Crippen MR) is 92.3 cm³/mol.